The molecule has 3 heteroatoms. The van der Waals surface area contributed by atoms with Crippen molar-refractivity contribution in [3.05, 3.63) is 30.3 Å². The average Bonchev–Trinajstić information content (AvgIpc) is 3.14. The fraction of sp³-hybridized carbons (Fsp3) is 0.704. The molecule has 0 saturated carbocycles. The van der Waals surface area contributed by atoms with Crippen molar-refractivity contribution >= 4 is 17.3 Å². The lowest BCUT2D eigenvalue weighted by Crippen LogP contribution is -2.19. The third-order valence-electron chi connectivity index (χ3n) is 6.15. The van der Waals surface area contributed by atoms with E-state index in [1.54, 1.807) is 5.01 Å². The molecule has 0 atom stereocenters. The van der Waals surface area contributed by atoms with Crippen molar-refractivity contribution in [3.63, 3.8) is 0 Å². The Balaban J connectivity index is 1.37. The van der Waals surface area contributed by atoms with Gasteiger partial charge in [0.1, 0.15) is 0 Å². The Bertz CT molecular complexity index is 596. The standard InChI is InChI=1S/C27H44N2O/c1-2-3-4-5-6-7-8-9-10-11-12-13-14-15-16-18-21-25-24-27(30)29(28-25)26-22-19-17-20-23-26/h17,19-20,22-23H,2-16,18,21,24H2,1H3. The molecule has 0 aliphatic carbocycles. The first-order chi connectivity index (χ1) is 14.8. The van der Waals surface area contributed by atoms with Crippen LogP contribution in [0.4, 0.5) is 5.69 Å². The molecule has 3 nitrogen and oxygen atoms in total. The molecule has 0 radical (unpaired) electrons. The first kappa shape index (κ1) is 24.6. The highest BCUT2D eigenvalue weighted by Crippen LogP contribution is 2.22. The summed E-state index contributed by atoms with van der Waals surface area (Å²) in [5.41, 5.74) is 1.93. The molecule has 1 aliphatic rings. The smallest absolute Gasteiger partial charge is 0.253 e. The van der Waals surface area contributed by atoms with Gasteiger partial charge in [0.2, 0.25) is 0 Å². The summed E-state index contributed by atoms with van der Waals surface area (Å²) in [5.74, 6) is 0.104. The SMILES string of the molecule is CCCCCCCCCCCCCCCCCCC1=NN(c2ccccc2)C(=O)C1. The normalized spacial score (nSPS) is 13.8. The van der Waals surface area contributed by atoms with Crippen LogP contribution in [0.2, 0.25) is 0 Å². The lowest BCUT2D eigenvalue weighted by Gasteiger charge is -2.10. The molecule has 0 fully saturated rings. The fourth-order valence-corrected chi connectivity index (χ4v) is 4.27. The molecule has 0 N–H and O–H groups in total. The second kappa shape index (κ2) is 16.1. The number of benzene rings is 1. The van der Waals surface area contributed by atoms with Gasteiger partial charge in [-0.3, -0.25) is 4.79 Å². The summed E-state index contributed by atoms with van der Waals surface area (Å²) in [5, 5.41) is 6.12. The van der Waals surface area contributed by atoms with E-state index in [9.17, 15) is 4.79 Å². The molecule has 0 bridgehead atoms. The minimum atomic E-state index is 0.104. The molecule has 1 amide bonds. The maximum atomic E-state index is 12.2. The monoisotopic (exact) mass is 412 g/mol. The van der Waals surface area contributed by atoms with Gasteiger partial charge in [-0.15, -0.1) is 0 Å². The van der Waals surface area contributed by atoms with Gasteiger partial charge in [0, 0.05) is 5.71 Å². The number of carbonyl (C=O) groups excluding carboxylic acids is 1. The molecule has 1 aliphatic heterocycles. The summed E-state index contributed by atoms with van der Waals surface area (Å²) in [4.78, 5) is 12.2. The van der Waals surface area contributed by atoms with E-state index in [1.807, 2.05) is 30.3 Å². The highest BCUT2D eigenvalue weighted by atomic mass is 16.2. The van der Waals surface area contributed by atoms with E-state index in [2.05, 4.69) is 12.0 Å². The Morgan fingerprint density at radius 1 is 0.700 bits per heavy atom. The van der Waals surface area contributed by atoms with E-state index in [1.165, 1.54) is 96.3 Å². The van der Waals surface area contributed by atoms with E-state index in [0.29, 0.717) is 6.42 Å². The van der Waals surface area contributed by atoms with E-state index in [-0.39, 0.29) is 5.91 Å². The van der Waals surface area contributed by atoms with E-state index < -0.39 is 0 Å². The lowest BCUT2D eigenvalue weighted by molar-refractivity contribution is -0.116. The number of nitrogens with zero attached hydrogens (tertiary/aromatic N) is 2. The third-order valence-corrected chi connectivity index (χ3v) is 6.15. The summed E-state index contributed by atoms with van der Waals surface area (Å²) in [6, 6.07) is 9.75. The zero-order valence-corrected chi connectivity index (χ0v) is 19.4. The summed E-state index contributed by atoms with van der Waals surface area (Å²) in [6.07, 6.45) is 23.6. The van der Waals surface area contributed by atoms with Crippen LogP contribution in [0.25, 0.3) is 0 Å². The molecule has 2 rings (SSSR count). The van der Waals surface area contributed by atoms with E-state index in [4.69, 9.17) is 0 Å². The molecule has 30 heavy (non-hydrogen) atoms. The van der Waals surface area contributed by atoms with Gasteiger partial charge in [-0.05, 0) is 25.0 Å². The van der Waals surface area contributed by atoms with Crippen molar-refractivity contribution in [1.82, 2.24) is 0 Å². The summed E-state index contributed by atoms with van der Waals surface area (Å²) < 4.78 is 0. The Morgan fingerprint density at radius 3 is 1.67 bits per heavy atom. The number of para-hydroxylation sites is 1. The van der Waals surface area contributed by atoms with Crippen LogP contribution in [-0.4, -0.2) is 11.6 Å². The number of hydrogen-bond acceptors (Lipinski definition) is 2. The number of carbonyl (C=O) groups is 1. The van der Waals surface area contributed by atoms with Gasteiger partial charge in [0.15, 0.2) is 0 Å². The van der Waals surface area contributed by atoms with Crippen molar-refractivity contribution in [1.29, 1.82) is 0 Å². The summed E-state index contributed by atoms with van der Waals surface area (Å²) in [7, 11) is 0. The number of anilines is 1. The second-order valence-corrected chi connectivity index (χ2v) is 8.94. The van der Waals surface area contributed by atoms with Gasteiger partial charge in [-0.1, -0.05) is 121 Å². The molecule has 1 aromatic rings. The quantitative estimate of drug-likeness (QED) is 0.223. The van der Waals surface area contributed by atoms with E-state index >= 15 is 0 Å². The van der Waals surface area contributed by atoms with Crippen LogP contribution in [-0.2, 0) is 4.79 Å². The summed E-state index contributed by atoms with van der Waals surface area (Å²) in [6.45, 7) is 2.29. The third kappa shape index (κ3) is 10.4. The number of unbranched alkanes of at least 4 members (excludes halogenated alkanes) is 15. The highest BCUT2D eigenvalue weighted by molar-refractivity contribution is 6.12. The highest BCUT2D eigenvalue weighted by Gasteiger charge is 2.24. The average molecular weight is 413 g/mol. The zero-order valence-electron chi connectivity index (χ0n) is 19.4. The zero-order chi connectivity index (χ0) is 21.3. The van der Waals surface area contributed by atoms with Gasteiger partial charge in [0.25, 0.3) is 5.91 Å². The molecule has 0 unspecified atom stereocenters. The molecule has 0 aromatic heterocycles. The minimum absolute atomic E-state index is 0.104. The fourth-order valence-electron chi connectivity index (χ4n) is 4.27. The first-order valence-electron chi connectivity index (χ1n) is 12.8. The number of hydrazone groups is 1. The Kier molecular flexibility index (Phi) is 13.2. The molecule has 0 saturated heterocycles. The van der Waals surface area contributed by atoms with Crippen molar-refractivity contribution in [2.24, 2.45) is 5.10 Å². The Labute approximate surface area is 185 Å². The molecule has 168 valence electrons. The van der Waals surface area contributed by atoms with Crippen molar-refractivity contribution in [2.45, 2.75) is 122 Å². The number of amides is 1. The Morgan fingerprint density at radius 2 is 1.17 bits per heavy atom. The minimum Gasteiger partial charge on any atom is -0.272 e. The van der Waals surface area contributed by atoms with Crippen LogP contribution >= 0.6 is 0 Å². The first-order valence-corrected chi connectivity index (χ1v) is 12.8. The number of hydrogen-bond donors (Lipinski definition) is 0. The van der Waals surface area contributed by atoms with Crippen LogP contribution in [0.3, 0.4) is 0 Å². The molecule has 0 spiro atoms. The van der Waals surface area contributed by atoms with Crippen molar-refractivity contribution in [2.75, 3.05) is 5.01 Å². The van der Waals surface area contributed by atoms with Gasteiger partial charge >= 0.3 is 0 Å². The predicted molar refractivity (Wildman–Crippen MR) is 130 cm³/mol. The van der Waals surface area contributed by atoms with Gasteiger partial charge in [0.05, 0.1) is 12.1 Å². The topological polar surface area (TPSA) is 32.7 Å². The maximum Gasteiger partial charge on any atom is 0.253 e. The van der Waals surface area contributed by atoms with Crippen LogP contribution in [0.5, 0.6) is 0 Å². The second-order valence-electron chi connectivity index (χ2n) is 8.94. The van der Waals surface area contributed by atoms with Crippen molar-refractivity contribution in [3.8, 4) is 0 Å². The molecule has 1 aromatic carbocycles. The van der Waals surface area contributed by atoms with Crippen LogP contribution in [0.15, 0.2) is 35.4 Å². The van der Waals surface area contributed by atoms with Crippen LogP contribution in [0.1, 0.15) is 122 Å². The Hall–Kier alpha value is -1.64. The van der Waals surface area contributed by atoms with Gasteiger partial charge in [-0.25, -0.2) is 5.01 Å². The molecule has 1 heterocycles. The maximum absolute atomic E-state index is 12.2. The molecular formula is C27H44N2O. The van der Waals surface area contributed by atoms with Gasteiger partial charge in [-0.2, -0.15) is 5.10 Å². The van der Waals surface area contributed by atoms with Crippen LogP contribution < -0.4 is 5.01 Å². The number of rotatable bonds is 18. The van der Waals surface area contributed by atoms with Crippen molar-refractivity contribution < 1.29 is 4.79 Å². The predicted octanol–water partition coefficient (Wildman–Crippen LogP) is 8.43. The van der Waals surface area contributed by atoms with Crippen LogP contribution in [0, 0.1) is 0 Å². The molecular weight excluding hydrogens is 368 g/mol. The van der Waals surface area contributed by atoms with Gasteiger partial charge < -0.3 is 0 Å². The van der Waals surface area contributed by atoms with E-state index in [0.717, 1.165) is 24.2 Å². The lowest BCUT2D eigenvalue weighted by atomic mass is 10.0. The largest absolute Gasteiger partial charge is 0.272 e. The summed E-state index contributed by atoms with van der Waals surface area (Å²) >= 11 is 0.